The van der Waals surface area contributed by atoms with Crippen molar-refractivity contribution in [3.05, 3.63) is 89.5 Å². The molecule has 0 unspecified atom stereocenters. The molecule has 0 saturated carbocycles. The molecule has 0 fully saturated rings. The minimum absolute atomic E-state index is 0.229. The second kappa shape index (κ2) is 9.94. The van der Waals surface area contributed by atoms with Crippen molar-refractivity contribution >= 4 is 17.9 Å². The summed E-state index contributed by atoms with van der Waals surface area (Å²) < 4.78 is 11.3. The molecule has 0 heterocycles. The van der Waals surface area contributed by atoms with Crippen LogP contribution in [0.3, 0.4) is 0 Å². The monoisotopic (exact) mass is 390 g/mol. The van der Waals surface area contributed by atoms with Gasteiger partial charge in [0, 0.05) is 6.42 Å². The van der Waals surface area contributed by atoms with Crippen LogP contribution in [0, 0.1) is 0 Å². The molecule has 6 nitrogen and oxygen atoms in total. The van der Waals surface area contributed by atoms with Crippen LogP contribution in [0.5, 0.6) is 11.5 Å². The zero-order valence-corrected chi connectivity index (χ0v) is 16.0. The smallest absolute Gasteiger partial charge is 0.335 e. The van der Waals surface area contributed by atoms with Crippen LogP contribution in [0.2, 0.25) is 0 Å². The lowest BCUT2D eigenvalue weighted by molar-refractivity contribution is 0.0697. The molecular weight excluding hydrogens is 368 g/mol. The summed E-state index contributed by atoms with van der Waals surface area (Å²) in [5.74, 6) is 0.351. The number of hydrogen-bond acceptors (Lipinski definition) is 5. The first-order valence-corrected chi connectivity index (χ1v) is 9.13. The summed E-state index contributed by atoms with van der Waals surface area (Å²) in [6.07, 6.45) is 2.47. The van der Waals surface area contributed by atoms with E-state index in [1.807, 2.05) is 36.4 Å². The molecule has 0 amide bonds. The van der Waals surface area contributed by atoms with Gasteiger partial charge in [-0.25, -0.2) is 4.79 Å². The van der Waals surface area contributed by atoms with Gasteiger partial charge in [0.2, 0.25) is 0 Å². The molecule has 148 valence electrons. The second-order valence-corrected chi connectivity index (χ2v) is 6.25. The number of carboxylic acid groups (broad SMARTS) is 1. The lowest BCUT2D eigenvalue weighted by atomic mass is 10.2. The molecular formula is C23H22N2O4. The van der Waals surface area contributed by atoms with Crippen LogP contribution < -0.4 is 14.9 Å². The number of rotatable bonds is 9. The number of anilines is 1. The fourth-order valence-corrected chi connectivity index (χ4v) is 2.68. The molecule has 29 heavy (non-hydrogen) atoms. The Labute approximate surface area is 169 Å². The summed E-state index contributed by atoms with van der Waals surface area (Å²) >= 11 is 0. The van der Waals surface area contributed by atoms with Crippen molar-refractivity contribution in [2.75, 3.05) is 19.1 Å². The maximum absolute atomic E-state index is 10.9. The Kier molecular flexibility index (Phi) is 6.84. The van der Waals surface area contributed by atoms with E-state index in [1.165, 1.54) is 17.7 Å². The molecule has 0 aliphatic carbocycles. The van der Waals surface area contributed by atoms with E-state index in [1.54, 1.807) is 25.5 Å². The Morgan fingerprint density at radius 2 is 1.79 bits per heavy atom. The zero-order valence-electron chi connectivity index (χ0n) is 16.0. The van der Waals surface area contributed by atoms with Crippen molar-refractivity contribution in [2.45, 2.75) is 6.42 Å². The van der Waals surface area contributed by atoms with Crippen molar-refractivity contribution in [1.82, 2.24) is 0 Å². The van der Waals surface area contributed by atoms with Gasteiger partial charge in [0.15, 0.2) is 11.5 Å². The van der Waals surface area contributed by atoms with Crippen LogP contribution >= 0.6 is 0 Å². The van der Waals surface area contributed by atoms with Crippen LogP contribution in [0.4, 0.5) is 5.69 Å². The van der Waals surface area contributed by atoms with Gasteiger partial charge in [-0.15, -0.1) is 0 Å². The Morgan fingerprint density at radius 1 is 1.03 bits per heavy atom. The molecule has 0 aliphatic rings. The van der Waals surface area contributed by atoms with Crippen molar-refractivity contribution in [3.8, 4) is 11.5 Å². The third kappa shape index (κ3) is 5.84. The van der Waals surface area contributed by atoms with Crippen molar-refractivity contribution in [3.63, 3.8) is 0 Å². The third-order valence-electron chi connectivity index (χ3n) is 4.22. The van der Waals surface area contributed by atoms with E-state index in [2.05, 4.69) is 22.7 Å². The number of nitrogens with zero attached hydrogens (tertiary/aromatic N) is 1. The number of hydrazone groups is 1. The van der Waals surface area contributed by atoms with Crippen LogP contribution in [0.15, 0.2) is 77.9 Å². The van der Waals surface area contributed by atoms with Gasteiger partial charge < -0.3 is 14.6 Å². The van der Waals surface area contributed by atoms with Gasteiger partial charge in [-0.3, -0.25) is 5.43 Å². The molecule has 0 aliphatic heterocycles. The first kappa shape index (κ1) is 19.9. The van der Waals surface area contributed by atoms with E-state index in [0.717, 1.165) is 12.0 Å². The van der Waals surface area contributed by atoms with Crippen LogP contribution in [0.1, 0.15) is 21.5 Å². The molecule has 0 saturated heterocycles. The van der Waals surface area contributed by atoms with E-state index in [4.69, 9.17) is 14.6 Å². The number of carboxylic acids is 1. The number of nitrogens with one attached hydrogen (secondary N) is 1. The quantitative estimate of drug-likeness (QED) is 0.416. The SMILES string of the molecule is COc1cc(/C=N\Nc2ccc(C(=O)O)cc2)ccc1OCCc1ccccc1. The lowest BCUT2D eigenvalue weighted by Crippen LogP contribution is -2.03. The summed E-state index contributed by atoms with van der Waals surface area (Å²) in [4.78, 5) is 10.9. The van der Waals surface area contributed by atoms with Crippen molar-refractivity contribution in [1.29, 1.82) is 0 Å². The third-order valence-corrected chi connectivity index (χ3v) is 4.22. The highest BCUT2D eigenvalue weighted by Crippen LogP contribution is 2.27. The summed E-state index contributed by atoms with van der Waals surface area (Å²) in [7, 11) is 1.60. The van der Waals surface area contributed by atoms with E-state index in [-0.39, 0.29) is 5.56 Å². The molecule has 0 spiro atoms. The van der Waals surface area contributed by atoms with Crippen molar-refractivity contribution in [2.24, 2.45) is 5.10 Å². The fourth-order valence-electron chi connectivity index (χ4n) is 2.68. The highest BCUT2D eigenvalue weighted by Gasteiger charge is 2.05. The highest BCUT2D eigenvalue weighted by molar-refractivity contribution is 5.88. The number of ether oxygens (including phenoxy) is 2. The zero-order chi connectivity index (χ0) is 20.5. The Balaban J connectivity index is 1.57. The predicted molar refractivity (Wildman–Crippen MR) is 113 cm³/mol. The molecule has 6 heteroatoms. The molecule has 0 bridgehead atoms. The maximum atomic E-state index is 10.9. The largest absolute Gasteiger partial charge is 0.493 e. The van der Waals surface area contributed by atoms with Crippen LogP contribution in [-0.2, 0) is 6.42 Å². The highest BCUT2D eigenvalue weighted by atomic mass is 16.5. The number of aromatic carboxylic acids is 1. The van der Waals surface area contributed by atoms with Gasteiger partial charge in [0.1, 0.15) is 0 Å². The number of hydrogen-bond donors (Lipinski definition) is 2. The Hall–Kier alpha value is -3.80. The maximum Gasteiger partial charge on any atom is 0.335 e. The minimum Gasteiger partial charge on any atom is -0.493 e. The minimum atomic E-state index is -0.960. The van der Waals surface area contributed by atoms with Gasteiger partial charge in [-0.1, -0.05) is 30.3 Å². The average molecular weight is 390 g/mol. The fraction of sp³-hybridized carbons (Fsp3) is 0.130. The Morgan fingerprint density at radius 3 is 2.48 bits per heavy atom. The molecule has 0 radical (unpaired) electrons. The first-order chi connectivity index (χ1) is 14.2. The summed E-state index contributed by atoms with van der Waals surface area (Å²) in [6.45, 7) is 0.557. The molecule has 3 rings (SSSR count). The normalized spacial score (nSPS) is 10.7. The topological polar surface area (TPSA) is 80.2 Å². The molecule has 0 aromatic heterocycles. The molecule has 0 atom stereocenters. The number of benzene rings is 3. The standard InChI is InChI=1S/C23H22N2O4/c1-28-22-15-18(16-24-25-20-10-8-19(9-11-20)23(26)27)7-12-21(22)29-14-13-17-5-3-2-4-6-17/h2-12,15-16,25H,13-14H2,1H3,(H,26,27)/b24-16-. The van der Waals surface area contributed by atoms with Gasteiger partial charge in [0.25, 0.3) is 0 Å². The lowest BCUT2D eigenvalue weighted by Gasteiger charge is -2.11. The van der Waals surface area contributed by atoms with Crippen LogP contribution in [-0.4, -0.2) is 31.0 Å². The van der Waals surface area contributed by atoms with Crippen LogP contribution in [0.25, 0.3) is 0 Å². The summed E-state index contributed by atoms with van der Waals surface area (Å²) in [5, 5.41) is 13.1. The number of methoxy groups -OCH3 is 1. The van der Waals surface area contributed by atoms with E-state index >= 15 is 0 Å². The first-order valence-electron chi connectivity index (χ1n) is 9.13. The Bertz CT molecular complexity index is 970. The van der Waals surface area contributed by atoms with E-state index in [9.17, 15) is 4.79 Å². The molecule has 3 aromatic rings. The van der Waals surface area contributed by atoms with Gasteiger partial charge >= 0.3 is 5.97 Å². The average Bonchev–Trinajstić information content (AvgIpc) is 2.75. The predicted octanol–water partition coefficient (Wildman–Crippen LogP) is 4.46. The number of carbonyl (C=O) groups is 1. The summed E-state index contributed by atoms with van der Waals surface area (Å²) in [6, 6.07) is 22.1. The van der Waals surface area contributed by atoms with E-state index < -0.39 is 5.97 Å². The molecule has 3 aromatic carbocycles. The van der Waals surface area contributed by atoms with Crippen molar-refractivity contribution < 1.29 is 19.4 Å². The van der Waals surface area contributed by atoms with Gasteiger partial charge in [-0.2, -0.15) is 5.10 Å². The molecule has 2 N–H and O–H groups in total. The summed E-state index contributed by atoms with van der Waals surface area (Å²) in [5.41, 5.74) is 5.85. The van der Waals surface area contributed by atoms with E-state index in [0.29, 0.717) is 23.8 Å². The van der Waals surface area contributed by atoms with Gasteiger partial charge in [0.05, 0.1) is 31.2 Å². The second-order valence-electron chi connectivity index (χ2n) is 6.25. The van der Waals surface area contributed by atoms with Gasteiger partial charge in [-0.05, 0) is 53.6 Å².